The molecule has 1 N–H and O–H groups in total. The number of amides is 1. The van der Waals surface area contributed by atoms with Crippen LogP contribution in [0.4, 0.5) is 13.2 Å². The Bertz CT molecular complexity index is 860. The van der Waals surface area contributed by atoms with Crippen LogP contribution in [-0.2, 0) is 22.9 Å². The van der Waals surface area contributed by atoms with Crippen molar-refractivity contribution in [2.24, 2.45) is 0 Å². The smallest absolute Gasteiger partial charge is 0.354 e. The monoisotopic (exact) mass is 430 g/mol. The van der Waals surface area contributed by atoms with Crippen LogP contribution in [0.2, 0.25) is 0 Å². The average molecular weight is 431 g/mol. The van der Waals surface area contributed by atoms with Gasteiger partial charge in [0, 0.05) is 28.7 Å². The molecule has 140 valence electrons. The summed E-state index contributed by atoms with van der Waals surface area (Å²) in [6.07, 6.45) is -2.92. The van der Waals surface area contributed by atoms with Crippen molar-refractivity contribution in [1.82, 2.24) is 9.88 Å². The molecule has 0 bridgehead atoms. The molecule has 0 aliphatic carbocycles. The zero-order chi connectivity index (χ0) is 19.5. The first-order valence-electron chi connectivity index (χ1n) is 7.79. The fraction of sp³-hybridized carbons (Fsp3) is 0.333. The summed E-state index contributed by atoms with van der Waals surface area (Å²) in [4.78, 5) is 23.8. The van der Waals surface area contributed by atoms with E-state index in [2.05, 4.69) is 21.2 Å². The molecule has 0 saturated carbocycles. The summed E-state index contributed by atoms with van der Waals surface area (Å²) in [6, 6.07) is 7.96. The van der Waals surface area contributed by atoms with Crippen molar-refractivity contribution in [1.29, 1.82) is 0 Å². The molecule has 1 heterocycles. The van der Waals surface area contributed by atoms with Gasteiger partial charge in [0.1, 0.15) is 6.54 Å². The van der Waals surface area contributed by atoms with Crippen LogP contribution >= 0.6 is 15.9 Å². The van der Waals surface area contributed by atoms with Crippen molar-refractivity contribution in [3.63, 3.8) is 0 Å². The molecule has 0 atom stereocenters. The lowest BCUT2D eigenvalue weighted by Gasteiger charge is -2.26. The number of hydrogen-bond acceptors (Lipinski definition) is 2. The zero-order valence-corrected chi connectivity index (χ0v) is 15.8. The van der Waals surface area contributed by atoms with Crippen LogP contribution in [0, 0.1) is 0 Å². The lowest BCUT2D eigenvalue weighted by molar-refractivity contribution is -0.137. The van der Waals surface area contributed by atoms with Crippen LogP contribution in [0.5, 0.6) is 0 Å². The highest BCUT2D eigenvalue weighted by molar-refractivity contribution is 9.10. The molecule has 0 radical (unpaired) electrons. The minimum absolute atomic E-state index is 0.135. The Morgan fingerprint density at radius 1 is 1.15 bits per heavy atom. The molecule has 1 amide bonds. The average Bonchev–Trinajstić information content (AvgIpc) is 2.56. The summed E-state index contributed by atoms with van der Waals surface area (Å²) in [7, 11) is 0. The molecule has 0 aliphatic heterocycles. The SMILES string of the molecule is CC(C)(CNC(=O)Cn1cc(Br)ccc1=O)c1cccc(C(F)(F)F)c1. The van der Waals surface area contributed by atoms with Gasteiger partial charge in [-0.3, -0.25) is 9.59 Å². The van der Waals surface area contributed by atoms with Gasteiger partial charge in [-0.05, 0) is 33.6 Å². The Balaban J connectivity index is 2.07. The van der Waals surface area contributed by atoms with Gasteiger partial charge in [-0.15, -0.1) is 0 Å². The molecule has 1 aromatic heterocycles. The molecule has 4 nitrogen and oxygen atoms in total. The number of rotatable bonds is 5. The summed E-state index contributed by atoms with van der Waals surface area (Å²) < 4.78 is 40.5. The number of pyridine rings is 1. The third-order valence-electron chi connectivity index (χ3n) is 3.96. The van der Waals surface area contributed by atoms with Crippen molar-refractivity contribution >= 4 is 21.8 Å². The van der Waals surface area contributed by atoms with Crippen LogP contribution in [0.3, 0.4) is 0 Å². The fourth-order valence-corrected chi connectivity index (χ4v) is 2.75. The van der Waals surface area contributed by atoms with Crippen molar-refractivity contribution in [3.8, 4) is 0 Å². The van der Waals surface area contributed by atoms with Gasteiger partial charge in [-0.25, -0.2) is 0 Å². The molecule has 2 rings (SSSR count). The topological polar surface area (TPSA) is 51.1 Å². The number of halogens is 4. The Labute approximate surface area is 157 Å². The molecule has 1 aromatic carbocycles. The van der Waals surface area contributed by atoms with Crippen LogP contribution in [0.15, 0.2) is 51.9 Å². The van der Waals surface area contributed by atoms with E-state index in [1.165, 1.54) is 22.9 Å². The van der Waals surface area contributed by atoms with Crippen molar-refractivity contribution in [3.05, 3.63) is 68.5 Å². The minimum atomic E-state index is -4.42. The van der Waals surface area contributed by atoms with E-state index in [0.717, 1.165) is 12.1 Å². The van der Waals surface area contributed by atoms with Gasteiger partial charge in [0.05, 0.1) is 5.56 Å². The number of nitrogens with zero attached hydrogens (tertiary/aromatic N) is 1. The summed E-state index contributed by atoms with van der Waals surface area (Å²) in [5.41, 5.74) is -1.29. The molecule has 0 unspecified atom stereocenters. The standard InChI is InChI=1S/C18H18BrF3N2O2/c1-17(2,12-4-3-5-13(8-12)18(20,21)22)11-23-15(25)10-24-9-14(19)6-7-16(24)26/h3-9H,10-11H2,1-2H3,(H,23,25). The molecule has 8 heteroatoms. The maximum atomic E-state index is 12.9. The van der Waals surface area contributed by atoms with Crippen molar-refractivity contribution < 1.29 is 18.0 Å². The second kappa shape index (κ2) is 7.65. The number of carbonyl (C=O) groups excluding carboxylic acids is 1. The summed E-state index contributed by atoms with van der Waals surface area (Å²) in [6.45, 7) is 3.45. The molecule has 0 aliphatic rings. The van der Waals surface area contributed by atoms with Crippen LogP contribution < -0.4 is 10.9 Å². The Morgan fingerprint density at radius 3 is 2.46 bits per heavy atom. The summed E-state index contributed by atoms with van der Waals surface area (Å²) >= 11 is 3.23. The fourth-order valence-electron chi connectivity index (χ4n) is 2.37. The van der Waals surface area contributed by atoms with E-state index in [9.17, 15) is 22.8 Å². The Kier molecular flexibility index (Phi) is 5.95. The summed E-state index contributed by atoms with van der Waals surface area (Å²) in [5, 5.41) is 2.68. The largest absolute Gasteiger partial charge is 0.416 e. The van der Waals surface area contributed by atoms with Gasteiger partial charge in [0.15, 0.2) is 0 Å². The normalized spacial score (nSPS) is 12.1. The van der Waals surface area contributed by atoms with Gasteiger partial charge in [-0.1, -0.05) is 32.0 Å². The first-order chi connectivity index (χ1) is 12.0. The van der Waals surface area contributed by atoms with Gasteiger partial charge in [0.2, 0.25) is 5.91 Å². The predicted octanol–water partition coefficient (Wildman–Crippen LogP) is 3.72. The summed E-state index contributed by atoms with van der Waals surface area (Å²) in [5.74, 6) is -0.398. The number of alkyl halides is 3. The minimum Gasteiger partial charge on any atom is -0.354 e. The second-order valence-electron chi connectivity index (χ2n) is 6.55. The molecule has 26 heavy (non-hydrogen) atoms. The van der Waals surface area contributed by atoms with Crippen molar-refractivity contribution in [2.75, 3.05) is 6.54 Å². The number of carbonyl (C=O) groups is 1. The lowest BCUT2D eigenvalue weighted by Crippen LogP contribution is -2.39. The third kappa shape index (κ3) is 5.20. The molecule has 0 spiro atoms. The van der Waals surface area contributed by atoms with Crippen LogP contribution in [0.25, 0.3) is 0 Å². The van der Waals surface area contributed by atoms with E-state index < -0.39 is 23.1 Å². The van der Waals surface area contributed by atoms with Gasteiger partial charge >= 0.3 is 6.18 Å². The highest BCUT2D eigenvalue weighted by Gasteiger charge is 2.32. The second-order valence-corrected chi connectivity index (χ2v) is 7.47. The third-order valence-corrected chi connectivity index (χ3v) is 4.43. The highest BCUT2D eigenvalue weighted by atomic mass is 79.9. The van der Waals surface area contributed by atoms with E-state index in [1.54, 1.807) is 26.0 Å². The molecule has 0 fully saturated rings. The Morgan fingerprint density at radius 2 is 1.81 bits per heavy atom. The predicted molar refractivity (Wildman–Crippen MR) is 95.9 cm³/mol. The van der Waals surface area contributed by atoms with E-state index in [-0.39, 0.29) is 18.6 Å². The van der Waals surface area contributed by atoms with Crippen LogP contribution in [0.1, 0.15) is 25.0 Å². The van der Waals surface area contributed by atoms with Gasteiger partial charge in [-0.2, -0.15) is 13.2 Å². The lowest BCUT2D eigenvalue weighted by atomic mass is 9.83. The highest BCUT2D eigenvalue weighted by Crippen LogP contribution is 2.32. The van der Waals surface area contributed by atoms with E-state index in [1.807, 2.05) is 0 Å². The maximum Gasteiger partial charge on any atom is 0.416 e. The number of hydrogen-bond donors (Lipinski definition) is 1. The Hall–Kier alpha value is -2.09. The molecule has 2 aromatic rings. The number of benzene rings is 1. The molecular weight excluding hydrogens is 413 g/mol. The zero-order valence-electron chi connectivity index (χ0n) is 14.2. The van der Waals surface area contributed by atoms with Crippen LogP contribution in [-0.4, -0.2) is 17.0 Å². The van der Waals surface area contributed by atoms with Crippen molar-refractivity contribution in [2.45, 2.75) is 32.0 Å². The molecular formula is C18H18BrF3N2O2. The van der Waals surface area contributed by atoms with Gasteiger partial charge in [0.25, 0.3) is 5.56 Å². The van der Waals surface area contributed by atoms with E-state index >= 15 is 0 Å². The first-order valence-corrected chi connectivity index (χ1v) is 8.59. The first kappa shape index (κ1) is 20.2. The maximum absolute atomic E-state index is 12.9. The van der Waals surface area contributed by atoms with E-state index in [0.29, 0.717) is 10.0 Å². The quantitative estimate of drug-likeness (QED) is 0.785. The van der Waals surface area contributed by atoms with Gasteiger partial charge < -0.3 is 9.88 Å². The van der Waals surface area contributed by atoms with E-state index in [4.69, 9.17) is 0 Å². The number of nitrogens with one attached hydrogen (secondary N) is 1. The molecule has 0 saturated heterocycles. The number of aromatic nitrogens is 1.